The van der Waals surface area contributed by atoms with Gasteiger partial charge in [-0.05, 0) is 17.7 Å². The van der Waals surface area contributed by atoms with Gasteiger partial charge in [0.2, 0.25) is 5.88 Å². The lowest BCUT2D eigenvalue weighted by atomic mass is 10.2. The maximum atomic E-state index is 5.80. The van der Waals surface area contributed by atoms with Crippen LogP contribution in [0.5, 0.6) is 5.88 Å². The molecule has 0 saturated carbocycles. The molecular weight excluding hydrogens is 210 g/mol. The Morgan fingerprint density at radius 3 is 2.80 bits per heavy atom. The van der Waals surface area contributed by atoms with Crippen molar-refractivity contribution in [2.24, 2.45) is 0 Å². The maximum Gasteiger partial charge on any atom is 0.215 e. The summed E-state index contributed by atoms with van der Waals surface area (Å²) >= 11 is 5.80. The zero-order chi connectivity index (χ0) is 10.5. The Labute approximate surface area is 93.5 Å². The predicted octanol–water partition coefficient (Wildman–Crippen LogP) is 3.11. The van der Waals surface area contributed by atoms with Crippen molar-refractivity contribution in [3.8, 4) is 5.88 Å². The molecule has 0 unspecified atom stereocenters. The lowest BCUT2D eigenvalue weighted by molar-refractivity contribution is 0.294. The summed E-state index contributed by atoms with van der Waals surface area (Å²) in [5, 5.41) is 0.626. The molecule has 0 atom stereocenters. The van der Waals surface area contributed by atoms with Gasteiger partial charge < -0.3 is 4.74 Å². The number of rotatable bonds is 3. The smallest absolute Gasteiger partial charge is 0.215 e. The van der Waals surface area contributed by atoms with Crippen molar-refractivity contribution in [3.63, 3.8) is 0 Å². The third kappa shape index (κ3) is 2.96. The first kappa shape index (κ1) is 9.99. The van der Waals surface area contributed by atoms with Crippen LogP contribution < -0.4 is 4.74 Å². The van der Waals surface area contributed by atoms with Crippen molar-refractivity contribution in [2.75, 3.05) is 0 Å². The fourth-order valence-electron chi connectivity index (χ4n) is 1.14. The van der Waals surface area contributed by atoms with E-state index in [1.165, 1.54) is 0 Å². The van der Waals surface area contributed by atoms with Crippen LogP contribution in [0.15, 0.2) is 42.6 Å². The van der Waals surface area contributed by atoms with E-state index in [2.05, 4.69) is 11.1 Å². The van der Waals surface area contributed by atoms with Crippen molar-refractivity contribution in [3.05, 3.63) is 59.2 Å². The Hall–Kier alpha value is -1.54. The highest BCUT2D eigenvalue weighted by Crippen LogP contribution is 2.14. The molecule has 15 heavy (non-hydrogen) atoms. The molecule has 0 aliphatic rings. The van der Waals surface area contributed by atoms with E-state index in [1.807, 2.05) is 24.3 Å². The number of nitrogens with zero attached hydrogens (tertiary/aromatic N) is 1. The van der Waals surface area contributed by atoms with Gasteiger partial charge in [0.05, 0.1) is 0 Å². The van der Waals surface area contributed by atoms with Crippen molar-refractivity contribution >= 4 is 11.6 Å². The SMILES string of the molecule is Clc1ccnc(OCc2cc[c]cc2)c1. The predicted molar refractivity (Wildman–Crippen MR) is 58.9 cm³/mol. The van der Waals surface area contributed by atoms with Crippen LogP contribution in [0.3, 0.4) is 0 Å². The minimum atomic E-state index is 0.488. The maximum absolute atomic E-state index is 5.80. The molecule has 0 bridgehead atoms. The minimum Gasteiger partial charge on any atom is -0.473 e. The molecule has 1 aromatic carbocycles. The average Bonchev–Trinajstić information content (AvgIpc) is 2.28. The molecule has 0 amide bonds. The van der Waals surface area contributed by atoms with E-state index in [4.69, 9.17) is 16.3 Å². The van der Waals surface area contributed by atoms with Crippen LogP contribution >= 0.6 is 11.6 Å². The van der Waals surface area contributed by atoms with Gasteiger partial charge in [-0.3, -0.25) is 0 Å². The number of benzene rings is 1. The molecule has 0 aliphatic carbocycles. The average molecular weight is 219 g/mol. The summed E-state index contributed by atoms with van der Waals surface area (Å²) in [5.41, 5.74) is 1.08. The topological polar surface area (TPSA) is 22.1 Å². The Balaban J connectivity index is 1.99. The van der Waals surface area contributed by atoms with Crippen molar-refractivity contribution in [1.82, 2.24) is 4.98 Å². The summed E-state index contributed by atoms with van der Waals surface area (Å²) in [5.74, 6) is 0.537. The third-order valence-corrected chi connectivity index (χ3v) is 2.11. The van der Waals surface area contributed by atoms with Gasteiger partial charge in [0.25, 0.3) is 0 Å². The van der Waals surface area contributed by atoms with Gasteiger partial charge in [0.15, 0.2) is 0 Å². The molecule has 1 radical (unpaired) electrons. The quantitative estimate of drug-likeness (QED) is 0.790. The summed E-state index contributed by atoms with van der Waals surface area (Å²) in [7, 11) is 0. The van der Waals surface area contributed by atoms with E-state index in [1.54, 1.807) is 18.3 Å². The summed E-state index contributed by atoms with van der Waals surface area (Å²) in [4.78, 5) is 4.04. The van der Waals surface area contributed by atoms with E-state index < -0.39 is 0 Å². The zero-order valence-corrected chi connectivity index (χ0v) is 8.74. The van der Waals surface area contributed by atoms with Crippen LogP contribution in [0.2, 0.25) is 5.02 Å². The van der Waals surface area contributed by atoms with Gasteiger partial charge in [-0.2, -0.15) is 0 Å². The molecule has 1 heterocycles. The van der Waals surface area contributed by atoms with E-state index >= 15 is 0 Å². The Kier molecular flexibility index (Phi) is 3.20. The van der Waals surface area contributed by atoms with Gasteiger partial charge in [-0.15, -0.1) is 0 Å². The second kappa shape index (κ2) is 4.80. The third-order valence-electron chi connectivity index (χ3n) is 1.87. The Morgan fingerprint density at radius 1 is 1.27 bits per heavy atom. The molecule has 2 aromatic rings. The van der Waals surface area contributed by atoms with E-state index in [9.17, 15) is 0 Å². The molecule has 2 rings (SSSR count). The highest BCUT2D eigenvalue weighted by atomic mass is 35.5. The van der Waals surface area contributed by atoms with Gasteiger partial charge in [-0.25, -0.2) is 4.98 Å². The van der Waals surface area contributed by atoms with Gasteiger partial charge >= 0.3 is 0 Å². The summed E-state index contributed by atoms with van der Waals surface area (Å²) in [6.07, 6.45) is 1.62. The largest absolute Gasteiger partial charge is 0.473 e. The normalized spacial score (nSPS) is 9.93. The Bertz CT molecular complexity index is 431. The number of ether oxygens (including phenoxy) is 1. The lowest BCUT2D eigenvalue weighted by Crippen LogP contribution is -1.96. The van der Waals surface area contributed by atoms with Gasteiger partial charge in [-0.1, -0.05) is 35.9 Å². The van der Waals surface area contributed by atoms with Gasteiger partial charge in [0.1, 0.15) is 6.61 Å². The van der Waals surface area contributed by atoms with Crippen LogP contribution in [0, 0.1) is 6.07 Å². The highest BCUT2D eigenvalue weighted by molar-refractivity contribution is 6.30. The first-order valence-corrected chi connectivity index (χ1v) is 4.92. The van der Waals surface area contributed by atoms with Crippen LogP contribution in [0.25, 0.3) is 0 Å². The second-order valence-corrected chi connectivity index (χ2v) is 3.45. The van der Waals surface area contributed by atoms with E-state index in [0.29, 0.717) is 17.5 Å². The Morgan fingerprint density at radius 2 is 2.07 bits per heavy atom. The molecule has 2 nitrogen and oxygen atoms in total. The first-order valence-electron chi connectivity index (χ1n) is 4.54. The number of aromatic nitrogens is 1. The summed E-state index contributed by atoms with van der Waals surface area (Å²) in [6, 6.07) is 14.0. The molecule has 0 aliphatic heterocycles. The fraction of sp³-hybridized carbons (Fsp3) is 0.0833. The monoisotopic (exact) mass is 218 g/mol. The van der Waals surface area contributed by atoms with Crippen molar-refractivity contribution in [2.45, 2.75) is 6.61 Å². The standard InChI is InChI=1S/C12H9ClNO/c13-11-6-7-14-12(8-11)15-9-10-4-2-1-3-5-10/h2-8H,9H2. The van der Waals surface area contributed by atoms with Crippen LogP contribution in [-0.4, -0.2) is 4.98 Å². The molecular formula is C12H9ClNO. The number of hydrogen-bond donors (Lipinski definition) is 0. The number of hydrogen-bond acceptors (Lipinski definition) is 2. The summed E-state index contributed by atoms with van der Waals surface area (Å²) in [6.45, 7) is 0.488. The zero-order valence-electron chi connectivity index (χ0n) is 7.98. The first-order chi connectivity index (χ1) is 7.34. The molecule has 75 valence electrons. The molecule has 0 N–H and O–H groups in total. The number of halogens is 1. The molecule has 0 saturated heterocycles. The molecule has 1 aromatic heterocycles. The number of pyridine rings is 1. The molecule has 0 spiro atoms. The van der Waals surface area contributed by atoms with Crippen LogP contribution in [0.4, 0.5) is 0 Å². The van der Waals surface area contributed by atoms with E-state index in [0.717, 1.165) is 5.56 Å². The lowest BCUT2D eigenvalue weighted by Gasteiger charge is -2.04. The van der Waals surface area contributed by atoms with Crippen LogP contribution in [-0.2, 0) is 6.61 Å². The van der Waals surface area contributed by atoms with Crippen LogP contribution in [0.1, 0.15) is 5.56 Å². The summed E-state index contributed by atoms with van der Waals surface area (Å²) < 4.78 is 5.46. The molecule has 0 fully saturated rings. The van der Waals surface area contributed by atoms with Crippen molar-refractivity contribution in [1.29, 1.82) is 0 Å². The van der Waals surface area contributed by atoms with Gasteiger partial charge in [0, 0.05) is 17.3 Å². The molecule has 3 heteroatoms. The highest BCUT2D eigenvalue weighted by Gasteiger charge is 1.97. The van der Waals surface area contributed by atoms with E-state index in [-0.39, 0.29) is 0 Å². The minimum absolute atomic E-state index is 0.488. The fourth-order valence-corrected chi connectivity index (χ4v) is 1.29. The second-order valence-electron chi connectivity index (χ2n) is 3.01. The van der Waals surface area contributed by atoms with Crippen molar-refractivity contribution < 1.29 is 4.74 Å².